The molecule has 3 N–H and O–H groups in total. The highest BCUT2D eigenvalue weighted by atomic mass is 16.5. The molecule has 0 aliphatic carbocycles. The van der Waals surface area contributed by atoms with Crippen LogP contribution in [-0.4, -0.2) is 48.2 Å². The van der Waals surface area contributed by atoms with E-state index in [1.165, 1.54) is 0 Å². The minimum Gasteiger partial charge on any atom is -0.497 e. The Morgan fingerprint density at radius 3 is 2.64 bits per heavy atom. The molecule has 2 amide bonds. The summed E-state index contributed by atoms with van der Waals surface area (Å²) in [7, 11) is 4.95. The standard InChI is InChI=1S/C25H28N4O4/c1-15(24(30)26-10-9-16-14-27-20-8-6-5-7-18(16)20)28-25(31)22-13-19-21(29(22)2)11-17(32-3)12-23(19)33-4/h5-8,11-15,27H,9-10H2,1-4H3,(H,26,30)(H,28,31). The van der Waals surface area contributed by atoms with Crippen LogP contribution < -0.4 is 20.1 Å². The number of aromatic nitrogens is 2. The molecule has 2 aromatic carbocycles. The van der Waals surface area contributed by atoms with Crippen LogP contribution in [-0.2, 0) is 18.3 Å². The second kappa shape index (κ2) is 9.28. The molecule has 172 valence electrons. The Balaban J connectivity index is 1.40. The molecule has 33 heavy (non-hydrogen) atoms. The van der Waals surface area contributed by atoms with E-state index in [1.54, 1.807) is 44.9 Å². The van der Waals surface area contributed by atoms with Crippen molar-refractivity contribution in [3.8, 4) is 11.5 Å². The molecule has 0 saturated heterocycles. The summed E-state index contributed by atoms with van der Waals surface area (Å²) in [4.78, 5) is 28.7. The molecule has 4 rings (SSSR count). The van der Waals surface area contributed by atoms with Crippen molar-refractivity contribution in [3.05, 3.63) is 59.9 Å². The van der Waals surface area contributed by atoms with Gasteiger partial charge in [-0.3, -0.25) is 9.59 Å². The van der Waals surface area contributed by atoms with Gasteiger partial charge in [0.05, 0.1) is 19.7 Å². The minimum absolute atomic E-state index is 0.235. The number of nitrogens with one attached hydrogen (secondary N) is 3. The van der Waals surface area contributed by atoms with Gasteiger partial charge in [-0.1, -0.05) is 18.2 Å². The van der Waals surface area contributed by atoms with Crippen molar-refractivity contribution in [1.29, 1.82) is 0 Å². The number of nitrogens with zero attached hydrogens (tertiary/aromatic N) is 1. The van der Waals surface area contributed by atoms with Crippen LogP contribution in [0, 0.1) is 0 Å². The monoisotopic (exact) mass is 448 g/mol. The molecule has 0 aliphatic rings. The molecule has 4 aromatic rings. The average molecular weight is 449 g/mol. The van der Waals surface area contributed by atoms with Crippen LogP contribution in [0.5, 0.6) is 11.5 Å². The number of aryl methyl sites for hydroxylation is 1. The Morgan fingerprint density at radius 2 is 1.88 bits per heavy atom. The van der Waals surface area contributed by atoms with E-state index in [-0.39, 0.29) is 11.8 Å². The van der Waals surface area contributed by atoms with E-state index < -0.39 is 6.04 Å². The molecule has 8 heteroatoms. The van der Waals surface area contributed by atoms with Gasteiger partial charge >= 0.3 is 0 Å². The maximum absolute atomic E-state index is 12.9. The Bertz CT molecular complexity index is 1320. The molecular weight excluding hydrogens is 420 g/mol. The molecule has 0 saturated carbocycles. The van der Waals surface area contributed by atoms with Crippen LogP contribution in [0.3, 0.4) is 0 Å². The third kappa shape index (κ3) is 4.37. The number of H-pyrrole nitrogens is 1. The highest BCUT2D eigenvalue weighted by molar-refractivity contribution is 6.02. The van der Waals surface area contributed by atoms with Crippen molar-refractivity contribution in [2.24, 2.45) is 7.05 Å². The van der Waals surface area contributed by atoms with Gasteiger partial charge in [0.1, 0.15) is 23.2 Å². The number of hydrogen-bond donors (Lipinski definition) is 3. The lowest BCUT2D eigenvalue weighted by Gasteiger charge is -2.14. The van der Waals surface area contributed by atoms with E-state index in [0.717, 1.165) is 27.4 Å². The van der Waals surface area contributed by atoms with Gasteiger partial charge in [-0.2, -0.15) is 0 Å². The predicted octanol–water partition coefficient (Wildman–Crippen LogP) is 3.15. The second-order valence-electron chi connectivity index (χ2n) is 7.95. The highest BCUT2D eigenvalue weighted by Gasteiger charge is 2.21. The SMILES string of the molecule is COc1cc(OC)c2cc(C(=O)NC(C)C(=O)NCCc3c[nH]c4ccccc34)n(C)c2c1. The number of carbonyl (C=O) groups is 2. The summed E-state index contributed by atoms with van der Waals surface area (Å²) in [5, 5.41) is 7.64. The summed E-state index contributed by atoms with van der Waals surface area (Å²) < 4.78 is 12.5. The quantitative estimate of drug-likeness (QED) is 0.386. The van der Waals surface area contributed by atoms with Crippen molar-refractivity contribution >= 4 is 33.6 Å². The van der Waals surface area contributed by atoms with E-state index in [2.05, 4.69) is 21.7 Å². The number of carbonyl (C=O) groups excluding carboxylic acids is 2. The number of rotatable bonds is 8. The number of ether oxygens (including phenoxy) is 2. The fourth-order valence-electron chi connectivity index (χ4n) is 4.03. The van der Waals surface area contributed by atoms with Gasteiger partial charge < -0.3 is 29.7 Å². The maximum atomic E-state index is 12.9. The normalized spacial score (nSPS) is 12.0. The van der Waals surface area contributed by atoms with Crippen LogP contribution in [0.1, 0.15) is 23.0 Å². The Morgan fingerprint density at radius 1 is 1.09 bits per heavy atom. The summed E-state index contributed by atoms with van der Waals surface area (Å²) in [5.41, 5.74) is 3.44. The molecule has 2 aromatic heterocycles. The number of benzene rings is 2. The average Bonchev–Trinajstić information content (AvgIpc) is 3.39. The summed E-state index contributed by atoms with van der Waals surface area (Å²) in [6.45, 7) is 2.15. The predicted molar refractivity (Wildman–Crippen MR) is 128 cm³/mol. The molecule has 8 nitrogen and oxygen atoms in total. The number of hydrogen-bond acceptors (Lipinski definition) is 4. The first-order valence-electron chi connectivity index (χ1n) is 10.8. The molecule has 0 fully saturated rings. The first-order valence-corrected chi connectivity index (χ1v) is 10.8. The van der Waals surface area contributed by atoms with Crippen LogP contribution in [0.4, 0.5) is 0 Å². The summed E-state index contributed by atoms with van der Waals surface area (Å²) in [5.74, 6) is 0.674. The van der Waals surface area contributed by atoms with Gasteiger partial charge in [0.25, 0.3) is 5.91 Å². The van der Waals surface area contributed by atoms with Crippen molar-refractivity contribution in [3.63, 3.8) is 0 Å². The van der Waals surface area contributed by atoms with E-state index in [9.17, 15) is 9.59 Å². The van der Waals surface area contributed by atoms with Gasteiger partial charge in [0.2, 0.25) is 5.91 Å². The number of para-hydroxylation sites is 1. The number of fused-ring (bicyclic) bond motifs is 2. The highest BCUT2D eigenvalue weighted by Crippen LogP contribution is 2.33. The van der Waals surface area contributed by atoms with Gasteiger partial charge in [-0.15, -0.1) is 0 Å². The van der Waals surface area contributed by atoms with E-state index >= 15 is 0 Å². The van der Waals surface area contributed by atoms with Gasteiger partial charge in [-0.05, 0) is 31.0 Å². The van der Waals surface area contributed by atoms with E-state index in [4.69, 9.17) is 9.47 Å². The van der Waals surface area contributed by atoms with E-state index in [1.807, 2.05) is 30.5 Å². The maximum Gasteiger partial charge on any atom is 0.268 e. The Labute approximate surface area is 191 Å². The number of amides is 2. The topological polar surface area (TPSA) is 97.4 Å². The molecule has 0 bridgehead atoms. The van der Waals surface area contributed by atoms with Gasteiger partial charge in [-0.25, -0.2) is 0 Å². The lowest BCUT2D eigenvalue weighted by Crippen LogP contribution is -2.45. The smallest absolute Gasteiger partial charge is 0.268 e. The number of aromatic amines is 1. The van der Waals surface area contributed by atoms with Crippen molar-refractivity contribution in [2.75, 3.05) is 20.8 Å². The molecule has 2 heterocycles. The van der Waals surface area contributed by atoms with Crippen LogP contribution in [0.15, 0.2) is 48.7 Å². The summed E-state index contributed by atoms with van der Waals surface area (Å²) >= 11 is 0. The zero-order chi connectivity index (χ0) is 23.5. The lowest BCUT2D eigenvalue weighted by molar-refractivity contribution is -0.122. The first-order chi connectivity index (χ1) is 15.9. The van der Waals surface area contributed by atoms with Crippen LogP contribution in [0.2, 0.25) is 0 Å². The van der Waals surface area contributed by atoms with Crippen molar-refractivity contribution < 1.29 is 19.1 Å². The summed E-state index contributed by atoms with van der Waals surface area (Å²) in [6, 6.07) is 12.7. The minimum atomic E-state index is -0.685. The third-order valence-corrected chi connectivity index (χ3v) is 5.90. The van der Waals surface area contributed by atoms with Crippen molar-refractivity contribution in [2.45, 2.75) is 19.4 Å². The lowest BCUT2D eigenvalue weighted by atomic mass is 10.1. The molecule has 0 radical (unpaired) electrons. The Hall–Kier alpha value is -3.94. The van der Waals surface area contributed by atoms with E-state index in [0.29, 0.717) is 30.2 Å². The first kappa shape index (κ1) is 22.3. The molecule has 0 spiro atoms. The largest absolute Gasteiger partial charge is 0.497 e. The van der Waals surface area contributed by atoms with Crippen molar-refractivity contribution in [1.82, 2.24) is 20.2 Å². The van der Waals surface area contributed by atoms with Crippen LogP contribution in [0.25, 0.3) is 21.8 Å². The van der Waals surface area contributed by atoms with Gasteiger partial charge in [0.15, 0.2) is 0 Å². The number of methoxy groups -OCH3 is 2. The fraction of sp³-hybridized carbons (Fsp3) is 0.280. The zero-order valence-corrected chi connectivity index (χ0v) is 19.2. The zero-order valence-electron chi connectivity index (χ0n) is 19.2. The molecule has 1 unspecified atom stereocenters. The molecular formula is C25H28N4O4. The summed E-state index contributed by atoms with van der Waals surface area (Å²) in [6.07, 6.45) is 2.66. The second-order valence-corrected chi connectivity index (χ2v) is 7.95. The molecule has 0 aliphatic heterocycles. The van der Waals surface area contributed by atoms with Gasteiger partial charge in [0, 0.05) is 48.2 Å². The Kier molecular flexibility index (Phi) is 6.26. The third-order valence-electron chi connectivity index (χ3n) is 5.90. The molecule has 1 atom stereocenters. The van der Waals surface area contributed by atoms with Crippen LogP contribution >= 0.6 is 0 Å². The fourth-order valence-corrected chi connectivity index (χ4v) is 4.03.